The molecule has 0 unspecified atom stereocenters. The third-order valence-electron chi connectivity index (χ3n) is 2.86. The van der Waals surface area contributed by atoms with Gasteiger partial charge in [0.15, 0.2) is 0 Å². The van der Waals surface area contributed by atoms with Gasteiger partial charge in [-0.15, -0.1) is 0 Å². The van der Waals surface area contributed by atoms with Crippen molar-refractivity contribution in [3.63, 3.8) is 0 Å². The molecule has 7 nitrogen and oxygen atoms in total. The minimum Gasteiger partial charge on any atom is -0.463 e. The quantitative estimate of drug-likeness (QED) is 0.376. The fourth-order valence-corrected chi connectivity index (χ4v) is 1.08. The molecule has 120 valence electrons. The lowest BCUT2D eigenvalue weighted by molar-refractivity contribution is -0.153. The van der Waals surface area contributed by atoms with Crippen LogP contribution in [0.15, 0.2) is 12.7 Å². The Hall–Kier alpha value is -2.05. The summed E-state index contributed by atoms with van der Waals surface area (Å²) in [6.07, 6.45) is 1.18. The van der Waals surface area contributed by atoms with Crippen LogP contribution in [0, 0.1) is 5.41 Å². The largest absolute Gasteiger partial charge is 0.463 e. The maximum Gasteiger partial charge on any atom is 0.407 e. The average molecular weight is 300 g/mol. The first kappa shape index (κ1) is 18.9. The van der Waals surface area contributed by atoms with Crippen LogP contribution in [0.3, 0.4) is 0 Å². The number of nitrogens with one attached hydrogen (secondary N) is 2. The Kier molecular flexibility index (Phi) is 8.84. The number of hydrogen-bond acceptors (Lipinski definition) is 5. The second-order valence-corrected chi connectivity index (χ2v) is 4.93. The summed E-state index contributed by atoms with van der Waals surface area (Å²) < 4.78 is 9.84. The van der Waals surface area contributed by atoms with E-state index in [4.69, 9.17) is 9.47 Å². The Morgan fingerprint density at radius 2 is 1.67 bits per heavy atom. The molecule has 21 heavy (non-hydrogen) atoms. The third-order valence-corrected chi connectivity index (χ3v) is 2.86. The Morgan fingerprint density at radius 1 is 1.10 bits per heavy atom. The summed E-state index contributed by atoms with van der Waals surface area (Å²) in [7, 11) is 0. The van der Waals surface area contributed by atoms with Crippen molar-refractivity contribution in [3.8, 4) is 0 Å². The molecule has 2 N–H and O–H groups in total. The highest BCUT2D eigenvalue weighted by atomic mass is 16.6. The molecule has 0 saturated carbocycles. The first-order chi connectivity index (χ1) is 9.83. The van der Waals surface area contributed by atoms with Gasteiger partial charge in [-0.05, 0) is 26.3 Å². The van der Waals surface area contributed by atoms with Crippen molar-refractivity contribution in [1.29, 1.82) is 0 Å². The van der Waals surface area contributed by atoms with Gasteiger partial charge in [-0.2, -0.15) is 0 Å². The van der Waals surface area contributed by atoms with Crippen LogP contribution in [-0.2, 0) is 19.1 Å². The van der Waals surface area contributed by atoms with Crippen molar-refractivity contribution in [2.75, 3.05) is 26.3 Å². The minimum atomic E-state index is -0.631. The summed E-state index contributed by atoms with van der Waals surface area (Å²) in [5.74, 6) is -0.628. The number of carbonyl (C=O) groups excluding carboxylic acids is 3. The number of carbonyl (C=O) groups is 3. The summed E-state index contributed by atoms with van der Waals surface area (Å²) in [6, 6.07) is 0. The molecule has 0 aliphatic rings. The first-order valence-electron chi connectivity index (χ1n) is 6.81. The highest BCUT2D eigenvalue weighted by Gasteiger charge is 2.26. The van der Waals surface area contributed by atoms with E-state index in [9.17, 15) is 14.4 Å². The smallest absolute Gasteiger partial charge is 0.407 e. The van der Waals surface area contributed by atoms with Crippen molar-refractivity contribution in [2.45, 2.75) is 27.2 Å². The zero-order valence-corrected chi connectivity index (χ0v) is 12.9. The Balaban J connectivity index is 3.65. The number of esters is 1. The minimum absolute atomic E-state index is 0.0497. The zero-order valence-electron chi connectivity index (χ0n) is 12.9. The fraction of sp³-hybridized carbons (Fsp3) is 0.643. The number of ether oxygens (including phenoxy) is 2. The molecule has 7 heteroatoms. The molecule has 0 heterocycles. The van der Waals surface area contributed by atoms with Gasteiger partial charge < -0.3 is 20.1 Å². The van der Waals surface area contributed by atoms with E-state index in [1.165, 1.54) is 0 Å². The van der Waals surface area contributed by atoms with Crippen molar-refractivity contribution >= 4 is 18.0 Å². The van der Waals surface area contributed by atoms with Crippen LogP contribution in [0.1, 0.15) is 27.2 Å². The molecule has 0 bridgehead atoms. The van der Waals surface area contributed by atoms with E-state index in [-0.39, 0.29) is 38.2 Å². The first-order valence-corrected chi connectivity index (χ1v) is 6.81. The summed E-state index contributed by atoms with van der Waals surface area (Å²) in [6.45, 7) is 9.31. The van der Waals surface area contributed by atoms with Gasteiger partial charge in [0.1, 0.15) is 13.2 Å². The molecule has 0 spiro atoms. The molecule has 0 saturated heterocycles. The Morgan fingerprint density at radius 3 is 2.24 bits per heavy atom. The van der Waals surface area contributed by atoms with Gasteiger partial charge in [-0.3, -0.25) is 9.59 Å². The van der Waals surface area contributed by atoms with Gasteiger partial charge in [-0.1, -0.05) is 13.5 Å². The number of hydrogen-bond donors (Lipinski definition) is 2. The van der Waals surface area contributed by atoms with Crippen LogP contribution in [-0.4, -0.2) is 44.3 Å². The molecule has 0 aromatic heterocycles. The summed E-state index contributed by atoms with van der Waals surface area (Å²) >= 11 is 0. The lowest BCUT2D eigenvalue weighted by Crippen LogP contribution is -2.33. The molecule has 0 fully saturated rings. The summed E-state index contributed by atoms with van der Waals surface area (Å²) in [5, 5.41) is 4.90. The maximum atomic E-state index is 11.6. The molecule has 0 rings (SSSR count). The van der Waals surface area contributed by atoms with Crippen molar-refractivity contribution in [1.82, 2.24) is 10.6 Å². The number of rotatable bonds is 9. The average Bonchev–Trinajstić information content (AvgIpc) is 2.47. The summed E-state index contributed by atoms with van der Waals surface area (Å²) in [5.41, 5.74) is -0.524. The molecule has 0 aliphatic heterocycles. The van der Waals surface area contributed by atoms with Gasteiger partial charge in [0.2, 0.25) is 5.91 Å². The van der Waals surface area contributed by atoms with Crippen LogP contribution in [0.5, 0.6) is 0 Å². The SMILES string of the molecule is C=CC(=O)NCCOC(=O)NCCOC(=O)C(C)(C)CC. The highest BCUT2D eigenvalue weighted by molar-refractivity contribution is 5.86. The van der Waals surface area contributed by atoms with Crippen LogP contribution in [0.25, 0.3) is 0 Å². The van der Waals surface area contributed by atoms with E-state index < -0.39 is 11.5 Å². The normalized spacial score (nSPS) is 10.4. The van der Waals surface area contributed by atoms with E-state index in [2.05, 4.69) is 17.2 Å². The van der Waals surface area contributed by atoms with Gasteiger partial charge in [0.05, 0.1) is 18.5 Å². The molecule has 0 radical (unpaired) electrons. The van der Waals surface area contributed by atoms with Crippen LogP contribution in [0.4, 0.5) is 4.79 Å². The lowest BCUT2D eigenvalue weighted by Gasteiger charge is -2.20. The van der Waals surface area contributed by atoms with Crippen molar-refractivity contribution in [2.24, 2.45) is 5.41 Å². The van der Waals surface area contributed by atoms with Crippen molar-refractivity contribution in [3.05, 3.63) is 12.7 Å². The van der Waals surface area contributed by atoms with Gasteiger partial charge in [0.25, 0.3) is 0 Å². The monoisotopic (exact) mass is 300 g/mol. The Bertz CT molecular complexity index is 380. The molecule has 0 atom stereocenters. The van der Waals surface area contributed by atoms with Gasteiger partial charge in [0, 0.05) is 0 Å². The van der Waals surface area contributed by atoms with Crippen LogP contribution in [0.2, 0.25) is 0 Å². The van der Waals surface area contributed by atoms with E-state index >= 15 is 0 Å². The number of amides is 2. The lowest BCUT2D eigenvalue weighted by atomic mass is 9.91. The summed E-state index contributed by atoms with van der Waals surface area (Å²) in [4.78, 5) is 33.7. The highest BCUT2D eigenvalue weighted by Crippen LogP contribution is 2.21. The van der Waals surface area contributed by atoms with E-state index in [1.54, 1.807) is 13.8 Å². The predicted octanol–water partition coefficient (Wildman–Crippen LogP) is 0.994. The number of alkyl carbamates (subject to hydrolysis) is 1. The molecule has 0 aliphatic carbocycles. The van der Waals surface area contributed by atoms with E-state index in [0.29, 0.717) is 6.42 Å². The topological polar surface area (TPSA) is 93.7 Å². The molecular weight excluding hydrogens is 276 g/mol. The van der Waals surface area contributed by atoms with Crippen LogP contribution >= 0.6 is 0 Å². The van der Waals surface area contributed by atoms with E-state index in [0.717, 1.165) is 6.08 Å². The standard InChI is InChI=1S/C14H24N2O5/c1-5-11(17)15-7-10-21-13(19)16-8-9-20-12(18)14(3,4)6-2/h5H,1,6-10H2,2-4H3,(H,15,17)(H,16,19). The maximum absolute atomic E-state index is 11.6. The third kappa shape index (κ3) is 8.67. The Labute approximate surface area is 125 Å². The van der Waals surface area contributed by atoms with Crippen molar-refractivity contribution < 1.29 is 23.9 Å². The predicted molar refractivity (Wildman–Crippen MR) is 77.6 cm³/mol. The molecular formula is C14H24N2O5. The zero-order chi connectivity index (χ0) is 16.3. The molecule has 2 amide bonds. The van der Waals surface area contributed by atoms with Crippen LogP contribution < -0.4 is 10.6 Å². The second kappa shape index (κ2) is 9.79. The van der Waals surface area contributed by atoms with Gasteiger partial charge >= 0.3 is 12.1 Å². The van der Waals surface area contributed by atoms with Gasteiger partial charge in [-0.25, -0.2) is 4.79 Å². The second-order valence-electron chi connectivity index (χ2n) is 4.93. The fourth-order valence-electron chi connectivity index (χ4n) is 1.08. The molecule has 0 aromatic rings. The molecule has 0 aromatic carbocycles. The van der Waals surface area contributed by atoms with E-state index in [1.807, 2.05) is 6.92 Å².